The highest BCUT2D eigenvalue weighted by molar-refractivity contribution is 5.76. The van der Waals surface area contributed by atoms with E-state index in [0.29, 0.717) is 0 Å². The highest BCUT2D eigenvalue weighted by Gasteiger charge is 2.22. The van der Waals surface area contributed by atoms with Gasteiger partial charge in [0, 0.05) is 6.54 Å². The average molecular weight is 278 g/mol. The molecule has 0 saturated carbocycles. The van der Waals surface area contributed by atoms with Gasteiger partial charge in [-0.3, -0.25) is 4.79 Å². The summed E-state index contributed by atoms with van der Waals surface area (Å²) in [6.45, 7) is 6.02. The van der Waals surface area contributed by atoms with Gasteiger partial charge in [-0.15, -0.1) is 0 Å². The normalized spacial score (nSPS) is 10.9. The fourth-order valence-electron chi connectivity index (χ4n) is 1.84. The maximum atomic E-state index is 11.7. The molecule has 3 N–H and O–H groups in total. The van der Waals surface area contributed by atoms with Gasteiger partial charge in [0.2, 0.25) is 0 Å². The van der Waals surface area contributed by atoms with E-state index in [1.54, 1.807) is 0 Å². The molecular weight excluding hydrogens is 256 g/mol. The van der Waals surface area contributed by atoms with Gasteiger partial charge in [0.1, 0.15) is 0 Å². The Labute approximate surface area is 119 Å². The average Bonchev–Trinajstić information content (AvgIpc) is 2.37. The predicted molar refractivity (Wildman–Crippen MR) is 77.6 cm³/mol. The van der Waals surface area contributed by atoms with Gasteiger partial charge in [0.25, 0.3) is 0 Å². The Morgan fingerprint density at radius 2 is 1.80 bits per heavy atom. The smallest absolute Gasteiger partial charge is 0.315 e. The van der Waals surface area contributed by atoms with E-state index >= 15 is 0 Å². The fourth-order valence-corrected chi connectivity index (χ4v) is 1.84. The lowest BCUT2D eigenvalue weighted by Gasteiger charge is -2.27. The molecular formula is C15H22N2O3. The molecule has 2 amide bonds. The molecule has 0 aliphatic carbocycles. The second-order valence-corrected chi connectivity index (χ2v) is 5.20. The zero-order valence-corrected chi connectivity index (χ0v) is 12.2. The van der Waals surface area contributed by atoms with Crippen LogP contribution in [0.3, 0.4) is 0 Å². The molecule has 110 valence electrons. The van der Waals surface area contributed by atoms with E-state index < -0.39 is 11.5 Å². The summed E-state index contributed by atoms with van der Waals surface area (Å²) in [6.07, 6.45) is 0.892. The summed E-state index contributed by atoms with van der Waals surface area (Å²) in [4.78, 5) is 22.1. The third-order valence-corrected chi connectivity index (χ3v) is 3.13. The summed E-state index contributed by atoms with van der Waals surface area (Å²) in [5.74, 6) is -0.931. The van der Waals surface area contributed by atoms with Crippen LogP contribution < -0.4 is 10.6 Å². The largest absolute Gasteiger partial charge is 0.481 e. The molecule has 20 heavy (non-hydrogen) atoms. The number of amides is 2. The predicted octanol–water partition coefficient (Wildman–Crippen LogP) is 2.26. The van der Waals surface area contributed by atoms with E-state index in [-0.39, 0.29) is 19.0 Å². The Hall–Kier alpha value is -2.04. The van der Waals surface area contributed by atoms with Gasteiger partial charge in [0.05, 0.1) is 12.0 Å². The van der Waals surface area contributed by atoms with Gasteiger partial charge in [0.15, 0.2) is 0 Å². The van der Waals surface area contributed by atoms with Crippen molar-refractivity contribution in [1.82, 2.24) is 10.6 Å². The minimum absolute atomic E-state index is 0.0843. The molecule has 0 unspecified atom stereocenters. The second-order valence-electron chi connectivity index (χ2n) is 5.20. The van der Waals surface area contributed by atoms with Crippen LogP contribution in [0.5, 0.6) is 0 Å². The standard InChI is InChI=1S/C15H22N2O3/c1-4-11-5-7-12(8-6-11)15(2,3)17-14(20)16-10-9-13(18)19/h5-8H,4,9-10H2,1-3H3,(H,18,19)(H2,16,17,20). The van der Waals surface area contributed by atoms with Crippen molar-refractivity contribution in [2.45, 2.75) is 39.2 Å². The third-order valence-electron chi connectivity index (χ3n) is 3.13. The molecule has 0 bridgehead atoms. The summed E-state index contributed by atoms with van der Waals surface area (Å²) in [6, 6.07) is 7.71. The molecule has 0 heterocycles. The van der Waals surface area contributed by atoms with Crippen molar-refractivity contribution in [2.75, 3.05) is 6.54 Å². The highest BCUT2D eigenvalue weighted by atomic mass is 16.4. The summed E-state index contributed by atoms with van der Waals surface area (Å²) in [5, 5.41) is 13.9. The molecule has 5 nitrogen and oxygen atoms in total. The van der Waals surface area contributed by atoms with Gasteiger partial charge < -0.3 is 15.7 Å². The molecule has 0 spiro atoms. The van der Waals surface area contributed by atoms with Crippen LogP contribution >= 0.6 is 0 Å². The number of urea groups is 1. The highest BCUT2D eigenvalue weighted by Crippen LogP contribution is 2.20. The van der Waals surface area contributed by atoms with Gasteiger partial charge in [-0.05, 0) is 31.4 Å². The number of aryl methyl sites for hydroxylation is 1. The molecule has 1 rings (SSSR count). The third kappa shape index (κ3) is 4.91. The maximum Gasteiger partial charge on any atom is 0.315 e. The first-order chi connectivity index (χ1) is 9.35. The monoisotopic (exact) mass is 278 g/mol. The van der Waals surface area contributed by atoms with Crippen LogP contribution in [0.2, 0.25) is 0 Å². The fraction of sp³-hybridized carbons (Fsp3) is 0.467. The van der Waals surface area contributed by atoms with E-state index in [9.17, 15) is 9.59 Å². The van der Waals surface area contributed by atoms with E-state index in [1.807, 2.05) is 38.1 Å². The minimum Gasteiger partial charge on any atom is -0.481 e. The number of carboxylic acids is 1. The number of rotatable bonds is 6. The molecule has 1 aromatic rings. The SMILES string of the molecule is CCc1ccc(C(C)(C)NC(=O)NCCC(=O)O)cc1. The van der Waals surface area contributed by atoms with E-state index in [0.717, 1.165) is 12.0 Å². The van der Waals surface area contributed by atoms with Crippen molar-refractivity contribution < 1.29 is 14.7 Å². The van der Waals surface area contributed by atoms with E-state index in [2.05, 4.69) is 17.6 Å². The number of nitrogens with one attached hydrogen (secondary N) is 2. The van der Waals surface area contributed by atoms with Gasteiger partial charge >= 0.3 is 12.0 Å². The first-order valence-electron chi connectivity index (χ1n) is 6.72. The summed E-state index contributed by atoms with van der Waals surface area (Å²) < 4.78 is 0. The molecule has 0 saturated heterocycles. The maximum absolute atomic E-state index is 11.7. The number of benzene rings is 1. The molecule has 0 aliphatic rings. The molecule has 0 aromatic heterocycles. The Kier molecular flexibility index (Phi) is 5.55. The Balaban J connectivity index is 2.58. The number of aliphatic carboxylic acids is 1. The molecule has 0 atom stereocenters. The second kappa shape index (κ2) is 6.93. The summed E-state index contributed by atoms with van der Waals surface area (Å²) in [5.41, 5.74) is 1.73. The zero-order valence-electron chi connectivity index (χ0n) is 12.2. The lowest BCUT2D eigenvalue weighted by molar-refractivity contribution is -0.136. The minimum atomic E-state index is -0.931. The lowest BCUT2D eigenvalue weighted by atomic mass is 9.93. The van der Waals surface area contributed by atoms with E-state index in [4.69, 9.17) is 5.11 Å². The van der Waals surface area contributed by atoms with Crippen LogP contribution in [-0.4, -0.2) is 23.7 Å². The van der Waals surface area contributed by atoms with Crippen molar-refractivity contribution in [2.24, 2.45) is 0 Å². The number of hydrogen-bond acceptors (Lipinski definition) is 2. The topological polar surface area (TPSA) is 78.4 Å². The van der Waals surface area contributed by atoms with Crippen LogP contribution in [-0.2, 0) is 16.8 Å². The Morgan fingerprint density at radius 1 is 1.20 bits per heavy atom. The Bertz CT molecular complexity index is 467. The van der Waals surface area contributed by atoms with Crippen molar-refractivity contribution >= 4 is 12.0 Å². The molecule has 0 radical (unpaired) electrons. The molecule has 0 fully saturated rings. The number of carboxylic acid groups (broad SMARTS) is 1. The number of carbonyl (C=O) groups excluding carboxylic acids is 1. The number of hydrogen-bond donors (Lipinski definition) is 3. The quantitative estimate of drug-likeness (QED) is 0.747. The van der Waals surface area contributed by atoms with Crippen LogP contribution in [0.4, 0.5) is 4.79 Å². The van der Waals surface area contributed by atoms with Crippen LogP contribution in [0.25, 0.3) is 0 Å². The van der Waals surface area contributed by atoms with Crippen LogP contribution in [0.15, 0.2) is 24.3 Å². The van der Waals surface area contributed by atoms with Gasteiger partial charge in [-0.2, -0.15) is 0 Å². The van der Waals surface area contributed by atoms with Crippen molar-refractivity contribution in [3.63, 3.8) is 0 Å². The first-order valence-corrected chi connectivity index (χ1v) is 6.72. The van der Waals surface area contributed by atoms with Gasteiger partial charge in [-0.25, -0.2) is 4.79 Å². The molecule has 1 aromatic carbocycles. The van der Waals surface area contributed by atoms with E-state index in [1.165, 1.54) is 5.56 Å². The molecule has 0 aliphatic heterocycles. The number of carbonyl (C=O) groups is 2. The first kappa shape index (κ1) is 16.0. The van der Waals surface area contributed by atoms with Crippen molar-refractivity contribution in [1.29, 1.82) is 0 Å². The van der Waals surface area contributed by atoms with Gasteiger partial charge in [-0.1, -0.05) is 31.2 Å². The lowest BCUT2D eigenvalue weighted by Crippen LogP contribution is -2.46. The summed E-state index contributed by atoms with van der Waals surface area (Å²) >= 11 is 0. The van der Waals surface area contributed by atoms with Crippen molar-refractivity contribution in [3.8, 4) is 0 Å². The van der Waals surface area contributed by atoms with Crippen LogP contribution in [0, 0.1) is 0 Å². The van der Waals surface area contributed by atoms with Crippen molar-refractivity contribution in [3.05, 3.63) is 35.4 Å². The molecule has 5 heteroatoms. The van der Waals surface area contributed by atoms with Crippen LogP contribution in [0.1, 0.15) is 38.3 Å². The zero-order chi connectivity index (χ0) is 15.2. The Morgan fingerprint density at radius 3 is 2.30 bits per heavy atom. The summed E-state index contributed by atoms with van der Waals surface area (Å²) in [7, 11) is 0.